The summed E-state index contributed by atoms with van der Waals surface area (Å²) in [5.41, 5.74) is 2.20. The van der Waals surface area contributed by atoms with Crippen molar-refractivity contribution in [3.05, 3.63) is 64.7 Å². The van der Waals surface area contributed by atoms with Crippen LogP contribution in [0.25, 0.3) is 0 Å². The lowest BCUT2D eigenvalue weighted by Gasteiger charge is -2.31. The number of carbonyl (C=O) groups excluding carboxylic acids is 2. The van der Waals surface area contributed by atoms with E-state index in [9.17, 15) is 9.59 Å². The summed E-state index contributed by atoms with van der Waals surface area (Å²) in [5.74, 6) is 0.761. The second-order valence-corrected chi connectivity index (χ2v) is 9.61. The van der Waals surface area contributed by atoms with Gasteiger partial charge in [-0.2, -0.15) is 0 Å². The number of aryl methyl sites for hydroxylation is 1. The minimum atomic E-state index is -0.472. The molecular formula is C25H33ClN2O2S. The van der Waals surface area contributed by atoms with E-state index < -0.39 is 6.04 Å². The molecule has 0 fully saturated rings. The second-order valence-electron chi connectivity index (χ2n) is 8.00. The second kappa shape index (κ2) is 12.8. The first-order valence-electron chi connectivity index (χ1n) is 10.8. The zero-order valence-corrected chi connectivity index (χ0v) is 20.4. The average Bonchev–Trinajstić information content (AvgIpc) is 2.73. The van der Waals surface area contributed by atoms with Crippen molar-refractivity contribution >= 4 is 35.2 Å². The number of carbonyl (C=O) groups is 2. The van der Waals surface area contributed by atoms with E-state index in [1.54, 1.807) is 16.7 Å². The van der Waals surface area contributed by atoms with E-state index in [0.717, 1.165) is 27.7 Å². The number of benzene rings is 2. The topological polar surface area (TPSA) is 49.4 Å². The van der Waals surface area contributed by atoms with Crippen LogP contribution in [0.4, 0.5) is 0 Å². The Labute approximate surface area is 195 Å². The summed E-state index contributed by atoms with van der Waals surface area (Å²) in [6, 6.07) is 15.4. The van der Waals surface area contributed by atoms with Crippen molar-refractivity contribution < 1.29 is 9.59 Å². The Kier molecular flexibility index (Phi) is 10.4. The van der Waals surface area contributed by atoms with Gasteiger partial charge >= 0.3 is 0 Å². The van der Waals surface area contributed by atoms with Crippen LogP contribution in [0.3, 0.4) is 0 Å². The van der Waals surface area contributed by atoms with E-state index in [2.05, 4.69) is 5.32 Å². The lowest BCUT2D eigenvalue weighted by molar-refractivity contribution is -0.141. The summed E-state index contributed by atoms with van der Waals surface area (Å²) >= 11 is 7.64. The van der Waals surface area contributed by atoms with Crippen LogP contribution in [0.15, 0.2) is 53.4 Å². The Hall–Kier alpha value is -1.98. The first-order chi connectivity index (χ1) is 14.8. The maximum absolute atomic E-state index is 13.2. The van der Waals surface area contributed by atoms with E-state index in [0.29, 0.717) is 19.4 Å². The number of halogens is 1. The van der Waals surface area contributed by atoms with E-state index >= 15 is 0 Å². The molecule has 2 rings (SSSR count). The molecule has 6 heteroatoms. The van der Waals surface area contributed by atoms with Gasteiger partial charge in [0.1, 0.15) is 6.04 Å². The molecule has 2 aromatic rings. The van der Waals surface area contributed by atoms with Gasteiger partial charge in [0.25, 0.3) is 0 Å². The van der Waals surface area contributed by atoms with Crippen LogP contribution in [0.5, 0.6) is 0 Å². The molecule has 0 aliphatic rings. The van der Waals surface area contributed by atoms with Crippen molar-refractivity contribution in [1.29, 1.82) is 0 Å². The summed E-state index contributed by atoms with van der Waals surface area (Å²) in [6.45, 7) is 8.30. The van der Waals surface area contributed by atoms with Crippen molar-refractivity contribution in [2.45, 2.75) is 70.5 Å². The number of nitrogens with one attached hydrogen (secondary N) is 1. The summed E-state index contributed by atoms with van der Waals surface area (Å²) in [7, 11) is 0. The van der Waals surface area contributed by atoms with E-state index in [1.807, 2.05) is 76.2 Å². The van der Waals surface area contributed by atoms with Gasteiger partial charge in [-0.1, -0.05) is 48.4 Å². The number of hydrogen-bond donors (Lipinski definition) is 1. The Bertz CT molecular complexity index is 838. The van der Waals surface area contributed by atoms with Crippen molar-refractivity contribution in [3.63, 3.8) is 0 Å². The van der Waals surface area contributed by atoms with E-state index in [-0.39, 0.29) is 17.9 Å². The third kappa shape index (κ3) is 8.58. The SMILES string of the molecule is CC[C@@H](C(=O)NC(C)C)N(Cc1ccc(C)cc1)C(=O)CCCSc1ccc(Cl)cc1. The molecular weight excluding hydrogens is 428 g/mol. The number of thioether (sulfide) groups is 1. The van der Waals surface area contributed by atoms with Crippen molar-refractivity contribution in [3.8, 4) is 0 Å². The quantitative estimate of drug-likeness (QED) is 0.338. The molecule has 168 valence electrons. The Morgan fingerprint density at radius 1 is 1.06 bits per heavy atom. The van der Waals surface area contributed by atoms with Gasteiger partial charge in [-0.15, -0.1) is 11.8 Å². The Morgan fingerprint density at radius 2 is 1.71 bits per heavy atom. The molecule has 2 amide bonds. The molecule has 4 nitrogen and oxygen atoms in total. The van der Waals surface area contributed by atoms with Crippen molar-refractivity contribution in [1.82, 2.24) is 10.2 Å². The maximum Gasteiger partial charge on any atom is 0.243 e. The smallest absolute Gasteiger partial charge is 0.243 e. The normalized spacial score (nSPS) is 11.9. The minimum Gasteiger partial charge on any atom is -0.352 e. The van der Waals surface area contributed by atoms with Crippen LogP contribution in [0.1, 0.15) is 51.2 Å². The Balaban J connectivity index is 2.04. The third-order valence-corrected chi connectivity index (χ3v) is 6.26. The third-order valence-electron chi connectivity index (χ3n) is 4.91. The molecule has 0 saturated heterocycles. The standard InChI is InChI=1S/C25H33ClN2O2S/c1-5-23(25(30)27-18(2)3)28(17-20-10-8-19(4)9-11-20)24(29)7-6-16-31-22-14-12-21(26)13-15-22/h8-15,18,23H,5-7,16-17H2,1-4H3,(H,27,30)/t23-/m0/s1. The van der Waals surface area contributed by atoms with Gasteiger partial charge < -0.3 is 10.2 Å². The van der Waals surface area contributed by atoms with Crippen LogP contribution >= 0.6 is 23.4 Å². The summed E-state index contributed by atoms with van der Waals surface area (Å²) < 4.78 is 0. The highest BCUT2D eigenvalue weighted by Gasteiger charge is 2.28. The van der Waals surface area contributed by atoms with Gasteiger partial charge in [-0.3, -0.25) is 9.59 Å². The van der Waals surface area contributed by atoms with Gasteiger partial charge in [-0.05, 0) is 69.2 Å². The van der Waals surface area contributed by atoms with Crippen LogP contribution < -0.4 is 5.32 Å². The predicted octanol–water partition coefficient (Wildman–Crippen LogP) is 5.85. The van der Waals surface area contributed by atoms with Crippen molar-refractivity contribution in [2.24, 2.45) is 0 Å². The zero-order chi connectivity index (χ0) is 22.8. The molecule has 0 aliphatic carbocycles. The fourth-order valence-corrected chi connectivity index (χ4v) is 4.26. The number of rotatable bonds is 11. The first-order valence-corrected chi connectivity index (χ1v) is 12.2. The molecule has 0 spiro atoms. The van der Waals surface area contributed by atoms with Gasteiger partial charge in [0, 0.05) is 28.9 Å². The monoisotopic (exact) mass is 460 g/mol. The highest BCUT2D eigenvalue weighted by atomic mass is 35.5. The highest BCUT2D eigenvalue weighted by Crippen LogP contribution is 2.22. The Morgan fingerprint density at radius 3 is 2.29 bits per heavy atom. The first kappa shape index (κ1) is 25.3. The average molecular weight is 461 g/mol. The maximum atomic E-state index is 13.2. The van der Waals surface area contributed by atoms with E-state index in [1.165, 1.54) is 5.56 Å². The lowest BCUT2D eigenvalue weighted by atomic mass is 10.1. The van der Waals surface area contributed by atoms with Gasteiger partial charge in [0.2, 0.25) is 11.8 Å². The molecule has 0 aliphatic heterocycles. The molecule has 0 bridgehead atoms. The molecule has 0 saturated carbocycles. The molecule has 1 atom stereocenters. The predicted molar refractivity (Wildman–Crippen MR) is 130 cm³/mol. The van der Waals surface area contributed by atoms with Gasteiger partial charge in [0.15, 0.2) is 0 Å². The fourth-order valence-electron chi connectivity index (χ4n) is 3.28. The largest absolute Gasteiger partial charge is 0.352 e. The van der Waals surface area contributed by atoms with Crippen LogP contribution in [0, 0.1) is 6.92 Å². The lowest BCUT2D eigenvalue weighted by Crippen LogP contribution is -2.50. The van der Waals surface area contributed by atoms with Gasteiger partial charge in [0.05, 0.1) is 0 Å². The van der Waals surface area contributed by atoms with Crippen LogP contribution in [-0.4, -0.2) is 34.6 Å². The molecule has 2 aromatic carbocycles. The van der Waals surface area contributed by atoms with E-state index in [4.69, 9.17) is 11.6 Å². The van der Waals surface area contributed by atoms with Crippen molar-refractivity contribution in [2.75, 3.05) is 5.75 Å². The van der Waals surface area contributed by atoms with Crippen LogP contribution in [-0.2, 0) is 16.1 Å². The fraction of sp³-hybridized carbons (Fsp3) is 0.440. The molecule has 0 aromatic heterocycles. The zero-order valence-electron chi connectivity index (χ0n) is 18.9. The highest BCUT2D eigenvalue weighted by molar-refractivity contribution is 7.99. The number of nitrogens with zero attached hydrogens (tertiary/aromatic N) is 1. The number of hydrogen-bond acceptors (Lipinski definition) is 3. The summed E-state index contributed by atoms with van der Waals surface area (Å²) in [4.78, 5) is 28.9. The minimum absolute atomic E-state index is 0.0167. The summed E-state index contributed by atoms with van der Waals surface area (Å²) in [6.07, 6.45) is 1.74. The molecule has 31 heavy (non-hydrogen) atoms. The molecule has 1 N–H and O–H groups in total. The number of amides is 2. The summed E-state index contributed by atoms with van der Waals surface area (Å²) in [5, 5.41) is 3.69. The molecule has 0 heterocycles. The molecule has 0 radical (unpaired) electrons. The molecule has 0 unspecified atom stereocenters. The van der Waals surface area contributed by atoms with Gasteiger partial charge in [-0.25, -0.2) is 0 Å². The van der Waals surface area contributed by atoms with Crippen LogP contribution in [0.2, 0.25) is 5.02 Å².